The minimum Gasteiger partial charge on any atom is -0.372 e. The van der Waals surface area contributed by atoms with Crippen LogP contribution in [0.15, 0.2) is 6.33 Å². The molecule has 5 nitrogen and oxygen atoms in total. The molecule has 2 heterocycles. The summed E-state index contributed by atoms with van der Waals surface area (Å²) in [7, 11) is 0. The Morgan fingerprint density at radius 3 is 2.60 bits per heavy atom. The maximum Gasteiger partial charge on any atom is 0.229 e. The van der Waals surface area contributed by atoms with Crippen LogP contribution in [0.4, 0.5) is 5.95 Å². The highest BCUT2D eigenvalue weighted by Gasteiger charge is 2.24. The normalized spacial score (nSPS) is 26.7. The highest BCUT2D eigenvalue weighted by molar-refractivity contribution is 6.28. The van der Waals surface area contributed by atoms with E-state index in [0.29, 0.717) is 5.95 Å². The van der Waals surface area contributed by atoms with E-state index in [4.69, 9.17) is 16.3 Å². The fraction of sp³-hybridized carbons (Fsp3) is 0.667. The highest BCUT2D eigenvalue weighted by atomic mass is 35.5. The van der Waals surface area contributed by atoms with Crippen molar-refractivity contribution >= 4 is 17.5 Å². The quantitative estimate of drug-likeness (QED) is 0.722. The first kappa shape index (κ1) is 10.6. The fourth-order valence-corrected chi connectivity index (χ4v) is 1.88. The summed E-state index contributed by atoms with van der Waals surface area (Å²) in [4.78, 5) is 14.0. The summed E-state index contributed by atoms with van der Waals surface area (Å²) in [6, 6.07) is 0. The second-order valence-corrected chi connectivity index (χ2v) is 4.05. The van der Waals surface area contributed by atoms with Gasteiger partial charge in [0.15, 0.2) is 0 Å². The van der Waals surface area contributed by atoms with Gasteiger partial charge in [0.05, 0.1) is 12.2 Å². The molecular weight excluding hydrogens is 216 g/mol. The van der Waals surface area contributed by atoms with Crippen LogP contribution in [0.2, 0.25) is 5.28 Å². The number of morpholine rings is 1. The fourth-order valence-electron chi connectivity index (χ4n) is 1.76. The van der Waals surface area contributed by atoms with Crippen molar-refractivity contribution in [1.82, 2.24) is 15.0 Å². The summed E-state index contributed by atoms with van der Waals surface area (Å²) in [5, 5.41) is 0.229. The Kier molecular flexibility index (Phi) is 3.02. The second-order valence-electron chi connectivity index (χ2n) is 3.72. The summed E-state index contributed by atoms with van der Waals surface area (Å²) >= 11 is 5.72. The van der Waals surface area contributed by atoms with Crippen LogP contribution < -0.4 is 4.90 Å². The largest absolute Gasteiger partial charge is 0.372 e. The Morgan fingerprint density at radius 2 is 2.00 bits per heavy atom. The molecule has 0 aromatic carbocycles. The molecule has 2 rings (SSSR count). The number of aromatic nitrogens is 3. The van der Waals surface area contributed by atoms with Crippen molar-refractivity contribution in [2.24, 2.45) is 0 Å². The summed E-state index contributed by atoms with van der Waals surface area (Å²) in [5.41, 5.74) is 0. The molecule has 0 bridgehead atoms. The number of ether oxygens (including phenoxy) is 1. The maximum atomic E-state index is 5.72. The number of nitrogens with zero attached hydrogens (tertiary/aromatic N) is 4. The van der Waals surface area contributed by atoms with E-state index < -0.39 is 0 Å². The monoisotopic (exact) mass is 228 g/mol. The lowest BCUT2D eigenvalue weighted by atomic mass is 10.2. The second kappa shape index (κ2) is 4.28. The number of hydrogen-bond donors (Lipinski definition) is 0. The zero-order valence-corrected chi connectivity index (χ0v) is 9.48. The molecule has 1 aromatic rings. The van der Waals surface area contributed by atoms with Gasteiger partial charge in [-0.25, -0.2) is 9.97 Å². The molecule has 15 heavy (non-hydrogen) atoms. The van der Waals surface area contributed by atoms with Crippen molar-refractivity contribution in [2.45, 2.75) is 26.1 Å². The molecule has 1 fully saturated rings. The van der Waals surface area contributed by atoms with Crippen LogP contribution in [0, 0.1) is 0 Å². The molecule has 82 valence electrons. The number of anilines is 1. The van der Waals surface area contributed by atoms with Gasteiger partial charge in [0.2, 0.25) is 11.2 Å². The predicted octanol–water partition coefficient (Wildman–Crippen LogP) is 1.14. The Hall–Kier alpha value is -0.940. The van der Waals surface area contributed by atoms with Gasteiger partial charge in [-0.2, -0.15) is 4.98 Å². The lowest BCUT2D eigenvalue weighted by Crippen LogP contribution is -2.46. The summed E-state index contributed by atoms with van der Waals surface area (Å²) < 4.78 is 5.62. The molecule has 2 atom stereocenters. The van der Waals surface area contributed by atoms with E-state index in [2.05, 4.69) is 19.9 Å². The number of halogens is 1. The predicted molar refractivity (Wildman–Crippen MR) is 57.1 cm³/mol. The SMILES string of the molecule is C[C@@H]1CN(c2ncnc(Cl)n2)C[C@H](C)O1. The first-order valence-electron chi connectivity index (χ1n) is 4.90. The van der Waals surface area contributed by atoms with Crippen LogP contribution in [-0.2, 0) is 4.74 Å². The standard InChI is InChI=1S/C9H13ClN4O/c1-6-3-14(4-7(2)15-6)9-12-5-11-8(10)13-9/h5-7H,3-4H2,1-2H3/t6-,7+. The molecule has 1 aliphatic heterocycles. The van der Waals surface area contributed by atoms with E-state index >= 15 is 0 Å². The van der Waals surface area contributed by atoms with E-state index in [9.17, 15) is 0 Å². The molecule has 1 saturated heterocycles. The van der Waals surface area contributed by atoms with Gasteiger partial charge in [0, 0.05) is 13.1 Å². The lowest BCUT2D eigenvalue weighted by molar-refractivity contribution is -0.00573. The number of rotatable bonds is 1. The topological polar surface area (TPSA) is 51.1 Å². The zero-order valence-electron chi connectivity index (χ0n) is 8.72. The van der Waals surface area contributed by atoms with Crippen LogP contribution in [0.25, 0.3) is 0 Å². The van der Waals surface area contributed by atoms with Crippen LogP contribution in [0.3, 0.4) is 0 Å². The number of hydrogen-bond acceptors (Lipinski definition) is 5. The van der Waals surface area contributed by atoms with Gasteiger partial charge in [0.1, 0.15) is 6.33 Å². The third-order valence-corrected chi connectivity index (χ3v) is 2.41. The van der Waals surface area contributed by atoms with Gasteiger partial charge in [0.25, 0.3) is 0 Å². The third kappa shape index (κ3) is 2.54. The lowest BCUT2D eigenvalue weighted by Gasteiger charge is -2.35. The van der Waals surface area contributed by atoms with Crippen LogP contribution in [-0.4, -0.2) is 40.2 Å². The van der Waals surface area contributed by atoms with Crippen molar-refractivity contribution in [2.75, 3.05) is 18.0 Å². The van der Waals surface area contributed by atoms with Crippen LogP contribution in [0.1, 0.15) is 13.8 Å². The van der Waals surface area contributed by atoms with Gasteiger partial charge in [-0.05, 0) is 25.4 Å². The summed E-state index contributed by atoms with van der Waals surface area (Å²) in [5.74, 6) is 0.622. The van der Waals surface area contributed by atoms with Crippen LogP contribution in [0.5, 0.6) is 0 Å². The van der Waals surface area contributed by atoms with E-state index in [-0.39, 0.29) is 17.5 Å². The zero-order chi connectivity index (χ0) is 10.8. The minimum atomic E-state index is 0.185. The maximum absolute atomic E-state index is 5.72. The van der Waals surface area contributed by atoms with Gasteiger partial charge < -0.3 is 9.64 Å². The third-order valence-electron chi connectivity index (χ3n) is 2.23. The summed E-state index contributed by atoms with van der Waals surface area (Å²) in [6.07, 6.45) is 1.80. The Morgan fingerprint density at radius 1 is 1.33 bits per heavy atom. The van der Waals surface area contributed by atoms with Gasteiger partial charge in [-0.3, -0.25) is 0 Å². The van der Waals surface area contributed by atoms with E-state index in [0.717, 1.165) is 13.1 Å². The molecule has 0 saturated carbocycles. The molecule has 0 N–H and O–H groups in total. The average molecular weight is 229 g/mol. The highest BCUT2D eigenvalue weighted by Crippen LogP contribution is 2.16. The van der Waals surface area contributed by atoms with Crippen molar-refractivity contribution in [3.8, 4) is 0 Å². The van der Waals surface area contributed by atoms with E-state index in [1.807, 2.05) is 13.8 Å². The summed E-state index contributed by atoms with van der Waals surface area (Å²) in [6.45, 7) is 5.63. The molecule has 0 radical (unpaired) electrons. The molecular formula is C9H13ClN4O. The molecule has 0 aliphatic carbocycles. The van der Waals surface area contributed by atoms with Gasteiger partial charge >= 0.3 is 0 Å². The first-order valence-corrected chi connectivity index (χ1v) is 5.28. The minimum absolute atomic E-state index is 0.185. The molecule has 0 amide bonds. The first-order chi connectivity index (χ1) is 7.15. The Labute approximate surface area is 93.5 Å². The van der Waals surface area contributed by atoms with Crippen LogP contribution >= 0.6 is 11.6 Å². The molecule has 6 heteroatoms. The molecule has 0 unspecified atom stereocenters. The van der Waals surface area contributed by atoms with E-state index in [1.54, 1.807) is 0 Å². The van der Waals surface area contributed by atoms with Crippen molar-refractivity contribution in [1.29, 1.82) is 0 Å². The molecule has 1 aromatic heterocycles. The van der Waals surface area contributed by atoms with Crippen molar-refractivity contribution < 1.29 is 4.74 Å². The van der Waals surface area contributed by atoms with Crippen molar-refractivity contribution in [3.05, 3.63) is 11.6 Å². The van der Waals surface area contributed by atoms with E-state index in [1.165, 1.54) is 6.33 Å². The van der Waals surface area contributed by atoms with Gasteiger partial charge in [-0.1, -0.05) is 0 Å². The Balaban J connectivity index is 2.16. The van der Waals surface area contributed by atoms with Crippen molar-refractivity contribution in [3.63, 3.8) is 0 Å². The van der Waals surface area contributed by atoms with Gasteiger partial charge in [-0.15, -0.1) is 0 Å². The Bertz CT molecular complexity index is 339. The smallest absolute Gasteiger partial charge is 0.229 e. The molecule has 0 spiro atoms. The molecule has 1 aliphatic rings. The average Bonchev–Trinajstić information content (AvgIpc) is 2.16.